The number of para-hydroxylation sites is 1. The molecule has 0 unspecified atom stereocenters. The molecule has 2 N–H and O–H groups in total. The molecule has 0 saturated carbocycles. The van der Waals surface area contributed by atoms with Gasteiger partial charge in [0.1, 0.15) is 0 Å². The number of aryl methyl sites for hydroxylation is 1. The Labute approximate surface area is 127 Å². The Morgan fingerprint density at radius 1 is 1.41 bits per heavy atom. The normalized spacial score (nSPS) is 18.6. The smallest absolute Gasteiger partial charge is 0.328 e. The summed E-state index contributed by atoms with van der Waals surface area (Å²) < 4.78 is 5.17. The number of carboxylic acid groups (broad SMARTS) is 1. The number of hydrogen-bond acceptors (Lipinski definition) is 3. The van der Waals surface area contributed by atoms with E-state index in [-0.39, 0.29) is 18.9 Å². The van der Waals surface area contributed by atoms with Gasteiger partial charge in [0.25, 0.3) is 0 Å². The van der Waals surface area contributed by atoms with Crippen LogP contribution in [-0.4, -0.2) is 52.7 Å². The van der Waals surface area contributed by atoms with Crippen molar-refractivity contribution in [3.05, 3.63) is 35.5 Å². The molecule has 1 aliphatic rings. The molecule has 1 amide bonds. The Bertz CT molecular complexity index is 722. The summed E-state index contributed by atoms with van der Waals surface area (Å²) in [6.07, 6.45) is 0.194. The zero-order chi connectivity index (χ0) is 15.7. The van der Waals surface area contributed by atoms with Crippen LogP contribution in [0.25, 0.3) is 10.9 Å². The number of amides is 1. The molecule has 1 aliphatic heterocycles. The molecular weight excluding hydrogens is 284 g/mol. The van der Waals surface area contributed by atoms with Gasteiger partial charge >= 0.3 is 5.97 Å². The van der Waals surface area contributed by atoms with Crippen LogP contribution in [0.2, 0.25) is 0 Å². The summed E-state index contributed by atoms with van der Waals surface area (Å²) in [4.78, 5) is 28.5. The van der Waals surface area contributed by atoms with Crippen molar-refractivity contribution in [1.82, 2.24) is 9.88 Å². The SMILES string of the molecule is Cc1[nH]c2ccccc2c1CC(=O)N1CCOC[C@H]1C(=O)O. The minimum Gasteiger partial charge on any atom is -0.480 e. The Kier molecular flexibility index (Phi) is 3.85. The van der Waals surface area contributed by atoms with E-state index in [0.29, 0.717) is 13.2 Å². The number of carbonyl (C=O) groups excluding carboxylic acids is 1. The van der Waals surface area contributed by atoms with Gasteiger partial charge in [-0.05, 0) is 18.6 Å². The molecule has 1 atom stereocenters. The lowest BCUT2D eigenvalue weighted by atomic mass is 10.1. The van der Waals surface area contributed by atoms with E-state index in [4.69, 9.17) is 4.74 Å². The number of fused-ring (bicyclic) bond motifs is 1. The second-order valence-corrected chi connectivity index (χ2v) is 5.47. The van der Waals surface area contributed by atoms with E-state index in [1.54, 1.807) is 0 Å². The lowest BCUT2D eigenvalue weighted by Crippen LogP contribution is -2.53. The first-order chi connectivity index (χ1) is 10.6. The number of aromatic amines is 1. The van der Waals surface area contributed by atoms with E-state index in [2.05, 4.69) is 4.98 Å². The molecule has 1 fully saturated rings. The predicted molar refractivity (Wildman–Crippen MR) is 80.7 cm³/mol. The van der Waals surface area contributed by atoms with Crippen molar-refractivity contribution in [1.29, 1.82) is 0 Å². The lowest BCUT2D eigenvalue weighted by Gasteiger charge is -2.33. The summed E-state index contributed by atoms with van der Waals surface area (Å²) in [6.45, 7) is 2.67. The van der Waals surface area contributed by atoms with Gasteiger partial charge in [0.15, 0.2) is 6.04 Å². The number of aliphatic carboxylic acids is 1. The maximum Gasteiger partial charge on any atom is 0.328 e. The minimum atomic E-state index is -1.02. The number of nitrogens with zero attached hydrogens (tertiary/aromatic N) is 1. The predicted octanol–water partition coefficient (Wildman–Crippen LogP) is 1.33. The summed E-state index contributed by atoms with van der Waals surface area (Å²) in [5.41, 5.74) is 2.85. The van der Waals surface area contributed by atoms with E-state index in [0.717, 1.165) is 22.2 Å². The van der Waals surface area contributed by atoms with Crippen molar-refractivity contribution in [3.8, 4) is 0 Å². The molecule has 1 aromatic carbocycles. The van der Waals surface area contributed by atoms with Crippen molar-refractivity contribution in [3.63, 3.8) is 0 Å². The van der Waals surface area contributed by atoms with E-state index in [1.807, 2.05) is 31.2 Å². The largest absolute Gasteiger partial charge is 0.480 e. The number of rotatable bonds is 3. The van der Waals surface area contributed by atoms with Gasteiger partial charge in [-0.3, -0.25) is 4.79 Å². The van der Waals surface area contributed by atoms with Gasteiger partial charge in [-0.15, -0.1) is 0 Å². The summed E-state index contributed by atoms with van der Waals surface area (Å²) in [5, 5.41) is 10.2. The quantitative estimate of drug-likeness (QED) is 0.896. The Morgan fingerprint density at radius 3 is 2.95 bits per heavy atom. The van der Waals surface area contributed by atoms with Crippen LogP contribution in [-0.2, 0) is 20.7 Å². The van der Waals surface area contributed by atoms with Gasteiger partial charge in [0.2, 0.25) is 5.91 Å². The summed E-state index contributed by atoms with van der Waals surface area (Å²) >= 11 is 0. The molecule has 1 saturated heterocycles. The van der Waals surface area contributed by atoms with Crippen molar-refractivity contribution in [2.45, 2.75) is 19.4 Å². The molecule has 2 aromatic rings. The number of hydrogen-bond donors (Lipinski definition) is 2. The molecule has 6 heteroatoms. The van der Waals surface area contributed by atoms with Crippen LogP contribution in [0.4, 0.5) is 0 Å². The van der Waals surface area contributed by atoms with Gasteiger partial charge < -0.3 is 19.7 Å². The lowest BCUT2D eigenvalue weighted by molar-refractivity contribution is -0.157. The molecule has 2 heterocycles. The zero-order valence-electron chi connectivity index (χ0n) is 12.3. The highest BCUT2D eigenvalue weighted by Gasteiger charge is 2.33. The fraction of sp³-hybridized carbons (Fsp3) is 0.375. The molecule has 0 bridgehead atoms. The summed E-state index contributed by atoms with van der Waals surface area (Å²) in [5.74, 6) is -1.20. The number of carboxylic acids is 1. The maximum absolute atomic E-state index is 12.6. The van der Waals surface area contributed by atoms with Crippen molar-refractivity contribution < 1.29 is 19.4 Å². The van der Waals surface area contributed by atoms with Gasteiger partial charge in [0, 0.05) is 23.1 Å². The third kappa shape index (κ3) is 2.57. The van der Waals surface area contributed by atoms with E-state index in [1.165, 1.54) is 4.90 Å². The van der Waals surface area contributed by atoms with Crippen LogP contribution < -0.4 is 0 Å². The molecule has 1 aromatic heterocycles. The van der Waals surface area contributed by atoms with Crippen LogP contribution in [0.3, 0.4) is 0 Å². The third-order valence-electron chi connectivity index (χ3n) is 4.09. The fourth-order valence-corrected chi connectivity index (χ4v) is 2.92. The first-order valence-corrected chi connectivity index (χ1v) is 7.24. The number of nitrogens with one attached hydrogen (secondary N) is 1. The van der Waals surface area contributed by atoms with Crippen molar-refractivity contribution >= 4 is 22.8 Å². The topological polar surface area (TPSA) is 82.6 Å². The molecule has 0 spiro atoms. The molecule has 116 valence electrons. The number of benzene rings is 1. The van der Waals surface area contributed by atoms with Crippen LogP contribution in [0.1, 0.15) is 11.3 Å². The van der Waals surface area contributed by atoms with Crippen LogP contribution in [0.15, 0.2) is 24.3 Å². The molecule has 3 rings (SSSR count). The van der Waals surface area contributed by atoms with Crippen LogP contribution >= 0.6 is 0 Å². The number of morpholine rings is 1. The van der Waals surface area contributed by atoms with E-state index in [9.17, 15) is 14.7 Å². The molecule has 0 aliphatic carbocycles. The highest BCUT2D eigenvalue weighted by molar-refractivity contribution is 5.91. The molecule has 6 nitrogen and oxygen atoms in total. The highest BCUT2D eigenvalue weighted by atomic mass is 16.5. The Hall–Kier alpha value is -2.34. The summed E-state index contributed by atoms with van der Waals surface area (Å²) in [7, 11) is 0. The van der Waals surface area contributed by atoms with E-state index < -0.39 is 12.0 Å². The monoisotopic (exact) mass is 302 g/mol. The molecule has 22 heavy (non-hydrogen) atoms. The summed E-state index contributed by atoms with van der Waals surface area (Å²) in [6, 6.07) is 6.90. The minimum absolute atomic E-state index is 0.0495. The van der Waals surface area contributed by atoms with E-state index >= 15 is 0 Å². The Morgan fingerprint density at radius 2 is 2.18 bits per heavy atom. The van der Waals surface area contributed by atoms with Gasteiger partial charge in [-0.25, -0.2) is 4.79 Å². The average Bonchev–Trinajstić information content (AvgIpc) is 2.83. The van der Waals surface area contributed by atoms with Gasteiger partial charge in [-0.2, -0.15) is 0 Å². The molecular formula is C16H18N2O4. The maximum atomic E-state index is 12.6. The second-order valence-electron chi connectivity index (χ2n) is 5.47. The van der Waals surface area contributed by atoms with Crippen molar-refractivity contribution in [2.24, 2.45) is 0 Å². The first-order valence-electron chi connectivity index (χ1n) is 7.24. The van der Waals surface area contributed by atoms with Gasteiger partial charge in [0.05, 0.1) is 19.6 Å². The number of aromatic nitrogens is 1. The average molecular weight is 302 g/mol. The van der Waals surface area contributed by atoms with Crippen LogP contribution in [0.5, 0.6) is 0 Å². The highest BCUT2D eigenvalue weighted by Crippen LogP contribution is 2.23. The van der Waals surface area contributed by atoms with Crippen molar-refractivity contribution in [2.75, 3.05) is 19.8 Å². The number of ether oxygens (including phenoxy) is 1. The fourth-order valence-electron chi connectivity index (χ4n) is 2.92. The van der Waals surface area contributed by atoms with Gasteiger partial charge in [-0.1, -0.05) is 18.2 Å². The number of H-pyrrole nitrogens is 1. The Balaban J connectivity index is 1.86. The zero-order valence-corrected chi connectivity index (χ0v) is 12.3. The number of carbonyl (C=O) groups is 2. The first kappa shape index (κ1) is 14.6. The second kappa shape index (κ2) is 5.81. The third-order valence-corrected chi connectivity index (χ3v) is 4.09. The van der Waals surface area contributed by atoms with Crippen LogP contribution in [0, 0.1) is 6.92 Å². The standard InChI is InChI=1S/C16H18N2O4/c1-10-12(11-4-2-3-5-13(11)17-10)8-15(19)18-6-7-22-9-14(18)16(20)21/h2-5,14,17H,6-9H2,1H3,(H,20,21)/t14-/m0/s1. The molecule has 0 radical (unpaired) electrons.